The van der Waals surface area contributed by atoms with Gasteiger partial charge in [0, 0.05) is 12.7 Å². The number of pyridine rings is 1. The van der Waals surface area contributed by atoms with Gasteiger partial charge in [-0.25, -0.2) is 4.98 Å². The van der Waals surface area contributed by atoms with Gasteiger partial charge in [-0.05, 0) is 43.5 Å². The van der Waals surface area contributed by atoms with E-state index in [-0.39, 0.29) is 11.5 Å². The summed E-state index contributed by atoms with van der Waals surface area (Å²) in [7, 11) is 0. The first-order valence-corrected chi connectivity index (χ1v) is 13.2. The number of amides is 1. The molecule has 1 fully saturated rings. The Morgan fingerprint density at radius 3 is 2.51 bits per heavy atom. The average Bonchev–Trinajstić information content (AvgIpc) is 3.10. The summed E-state index contributed by atoms with van der Waals surface area (Å²) in [6, 6.07) is 11.8. The predicted molar refractivity (Wildman–Crippen MR) is 149 cm³/mol. The highest BCUT2D eigenvalue weighted by molar-refractivity contribution is 8.26. The average molecular weight is 507 g/mol. The van der Waals surface area contributed by atoms with Crippen molar-refractivity contribution in [3.05, 3.63) is 80.1 Å². The van der Waals surface area contributed by atoms with Crippen LogP contribution in [-0.4, -0.2) is 31.1 Å². The molecule has 0 unspecified atom stereocenters. The molecule has 0 bridgehead atoms. The Balaban J connectivity index is 1.67. The van der Waals surface area contributed by atoms with Crippen molar-refractivity contribution < 1.29 is 4.79 Å². The number of thiocarbonyl (C=S) groups is 1. The number of rotatable bonds is 9. The number of aryl methyl sites for hydroxylation is 2. The zero-order valence-electron chi connectivity index (χ0n) is 20.3. The Morgan fingerprint density at radius 1 is 1.03 bits per heavy atom. The van der Waals surface area contributed by atoms with Crippen molar-refractivity contribution in [3.63, 3.8) is 0 Å². The van der Waals surface area contributed by atoms with E-state index in [0.717, 1.165) is 36.0 Å². The highest BCUT2D eigenvalue weighted by Gasteiger charge is 2.32. The first kappa shape index (κ1) is 25.1. The summed E-state index contributed by atoms with van der Waals surface area (Å²) in [6.07, 6.45) is 7.85. The van der Waals surface area contributed by atoms with Crippen LogP contribution in [0.25, 0.3) is 11.7 Å². The number of aromatic nitrogens is 2. The van der Waals surface area contributed by atoms with E-state index in [1.54, 1.807) is 17.2 Å². The van der Waals surface area contributed by atoms with Crippen molar-refractivity contribution in [2.24, 2.45) is 0 Å². The molecule has 3 aromatic rings. The third kappa shape index (κ3) is 5.82. The number of nitrogens with zero attached hydrogens (tertiary/aromatic N) is 3. The smallest absolute Gasteiger partial charge is 0.267 e. The second-order valence-electron chi connectivity index (χ2n) is 8.85. The third-order valence-electron chi connectivity index (χ3n) is 5.94. The van der Waals surface area contributed by atoms with Crippen LogP contribution in [0.15, 0.2) is 52.3 Å². The lowest BCUT2D eigenvalue weighted by Crippen LogP contribution is -2.27. The molecule has 1 aliphatic heterocycles. The number of fused-ring (bicyclic) bond motifs is 1. The second kappa shape index (κ2) is 11.2. The molecule has 1 aliphatic rings. The van der Waals surface area contributed by atoms with Gasteiger partial charge in [-0.3, -0.25) is 18.9 Å². The van der Waals surface area contributed by atoms with Crippen LogP contribution in [0.2, 0.25) is 0 Å². The number of nitrogens with one attached hydrogen (secondary N) is 1. The quantitative estimate of drug-likeness (QED) is 0.228. The monoisotopic (exact) mass is 506 g/mol. The number of hydrogen-bond donors (Lipinski definition) is 1. The molecule has 182 valence electrons. The molecule has 0 spiro atoms. The Morgan fingerprint density at radius 2 is 1.77 bits per heavy atom. The van der Waals surface area contributed by atoms with E-state index in [2.05, 4.69) is 12.2 Å². The Hall–Kier alpha value is -2.97. The summed E-state index contributed by atoms with van der Waals surface area (Å²) in [5, 5.41) is 3.34. The van der Waals surface area contributed by atoms with E-state index in [9.17, 15) is 9.59 Å². The maximum absolute atomic E-state index is 13.5. The molecule has 35 heavy (non-hydrogen) atoms. The van der Waals surface area contributed by atoms with Crippen molar-refractivity contribution in [1.82, 2.24) is 14.3 Å². The van der Waals surface area contributed by atoms with Gasteiger partial charge in [-0.2, -0.15) is 0 Å². The minimum atomic E-state index is -0.210. The van der Waals surface area contributed by atoms with Gasteiger partial charge in [0.2, 0.25) is 0 Å². The molecule has 8 heteroatoms. The van der Waals surface area contributed by atoms with Gasteiger partial charge in [0.15, 0.2) is 0 Å². The number of unbranched alkanes of at least 4 members (excludes halogenated alkanes) is 3. The summed E-state index contributed by atoms with van der Waals surface area (Å²) in [6.45, 7) is 7.25. The van der Waals surface area contributed by atoms with Crippen molar-refractivity contribution in [1.29, 1.82) is 0 Å². The predicted octanol–water partition coefficient (Wildman–Crippen LogP) is 5.70. The fraction of sp³-hybridized carbons (Fsp3) is 0.333. The molecule has 2 aromatic heterocycles. The second-order valence-corrected chi connectivity index (χ2v) is 10.5. The third-order valence-corrected chi connectivity index (χ3v) is 7.32. The van der Waals surface area contributed by atoms with Crippen molar-refractivity contribution in [2.75, 3.05) is 11.9 Å². The number of carbonyl (C=O) groups excluding carboxylic acids is 1. The zero-order chi connectivity index (χ0) is 24.9. The fourth-order valence-corrected chi connectivity index (χ4v) is 5.16. The molecular weight excluding hydrogens is 476 g/mol. The standard InChI is InChI=1S/C27H30N4O2S2/c1-4-5-6-7-14-28-24-21(25(32)30-16-19(3)10-13-23(30)29-24)15-22-26(33)31(27(34)35-22)17-20-11-8-18(2)9-12-20/h8-13,15-16,28H,4-7,14,17H2,1-3H3. The number of anilines is 1. The van der Waals surface area contributed by atoms with Crippen LogP contribution in [0.4, 0.5) is 5.82 Å². The van der Waals surface area contributed by atoms with Crippen LogP contribution in [0.3, 0.4) is 0 Å². The number of thioether (sulfide) groups is 1. The van der Waals surface area contributed by atoms with Gasteiger partial charge in [0.1, 0.15) is 15.8 Å². The van der Waals surface area contributed by atoms with Crippen LogP contribution >= 0.6 is 24.0 Å². The molecule has 1 N–H and O–H groups in total. The summed E-state index contributed by atoms with van der Waals surface area (Å²) in [5.74, 6) is 0.308. The van der Waals surface area contributed by atoms with Crippen molar-refractivity contribution >= 4 is 51.7 Å². The summed E-state index contributed by atoms with van der Waals surface area (Å²) in [5.41, 5.74) is 3.86. The van der Waals surface area contributed by atoms with E-state index in [1.807, 2.05) is 50.2 Å². The normalized spacial score (nSPS) is 14.9. The lowest BCUT2D eigenvalue weighted by Gasteiger charge is -2.14. The van der Waals surface area contributed by atoms with Gasteiger partial charge in [-0.15, -0.1) is 0 Å². The summed E-state index contributed by atoms with van der Waals surface area (Å²) < 4.78 is 2.02. The van der Waals surface area contributed by atoms with E-state index < -0.39 is 0 Å². The van der Waals surface area contributed by atoms with Crippen molar-refractivity contribution in [2.45, 2.75) is 53.0 Å². The molecule has 0 radical (unpaired) electrons. The van der Waals surface area contributed by atoms with Gasteiger partial charge < -0.3 is 5.32 Å². The zero-order valence-corrected chi connectivity index (χ0v) is 22.0. The van der Waals surface area contributed by atoms with Crippen LogP contribution in [-0.2, 0) is 11.3 Å². The highest BCUT2D eigenvalue weighted by atomic mass is 32.2. The Kier molecular flexibility index (Phi) is 8.03. The number of carbonyl (C=O) groups is 1. The van der Waals surface area contributed by atoms with Crippen molar-refractivity contribution in [3.8, 4) is 0 Å². The Labute approximate surface area is 215 Å². The van der Waals surface area contributed by atoms with E-state index in [1.165, 1.54) is 22.6 Å². The molecule has 1 aromatic carbocycles. The Bertz CT molecular complexity index is 1350. The van der Waals surface area contributed by atoms with E-state index in [0.29, 0.717) is 39.3 Å². The minimum absolute atomic E-state index is 0.191. The van der Waals surface area contributed by atoms with Crippen LogP contribution in [0.1, 0.15) is 54.9 Å². The van der Waals surface area contributed by atoms with Gasteiger partial charge in [0.05, 0.1) is 17.0 Å². The maximum Gasteiger partial charge on any atom is 0.267 e. The van der Waals surface area contributed by atoms with Crippen LogP contribution in [0.5, 0.6) is 0 Å². The lowest BCUT2D eigenvalue weighted by molar-refractivity contribution is -0.122. The molecule has 0 saturated carbocycles. The SMILES string of the molecule is CCCCCCNc1nc2ccc(C)cn2c(=O)c1C=C1SC(=S)N(Cc2ccc(C)cc2)C1=O. The largest absolute Gasteiger partial charge is 0.369 e. The first-order chi connectivity index (χ1) is 16.9. The van der Waals surface area contributed by atoms with Gasteiger partial charge in [0.25, 0.3) is 11.5 Å². The first-order valence-electron chi connectivity index (χ1n) is 11.9. The summed E-state index contributed by atoms with van der Waals surface area (Å²) >= 11 is 6.74. The van der Waals surface area contributed by atoms with Crippen LogP contribution in [0, 0.1) is 13.8 Å². The molecule has 3 heterocycles. The van der Waals surface area contributed by atoms with Crippen LogP contribution < -0.4 is 10.9 Å². The lowest BCUT2D eigenvalue weighted by atomic mass is 10.1. The number of benzene rings is 1. The van der Waals surface area contributed by atoms with E-state index in [4.69, 9.17) is 17.2 Å². The van der Waals surface area contributed by atoms with Gasteiger partial charge in [-0.1, -0.05) is 86.1 Å². The number of hydrogen-bond acceptors (Lipinski definition) is 6. The molecule has 1 amide bonds. The van der Waals surface area contributed by atoms with E-state index >= 15 is 0 Å². The molecule has 0 aliphatic carbocycles. The molecule has 1 saturated heterocycles. The molecular formula is C27H30N4O2S2. The maximum atomic E-state index is 13.5. The minimum Gasteiger partial charge on any atom is -0.369 e. The molecule has 4 rings (SSSR count). The molecule has 0 atom stereocenters. The van der Waals surface area contributed by atoms with Gasteiger partial charge >= 0.3 is 0 Å². The highest BCUT2D eigenvalue weighted by Crippen LogP contribution is 2.34. The molecule has 6 nitrogen and oxygen atoms in total. The fourth-order valence-electron chi connectivity index (χ4n) is 3.93. The summed E-state index contributed by atoms with van der Waals surface area (Å²) in [4.78, 5) is 33.5. The topological polar surface area (TPSA) is 66.7 Å².